The molecule has 5 heteroatoms. The van der Waals surface area contributed by atoms with E-state index < -0.39 is 11.7 Å². The quantitative estimate of drug-likeness (QED) is 0.875. The van der Waals surface area contributed by atoms with E-state index in [1.807, 2.05) is 0 Å². The highest BCUT2D eigenvalue weighted by Gasteiger charge is 2.41. The summed E-state index contributed by atoms with van der Waals surface area (Å²) in [6.07, 6.45) is -0.563. The van der Waals surface area contributed by atoms with Gasteiger partial charge in [0.1, 0.15) is 0 Å². The van der Waals surface area contributed by atoms with E-state index in [2.05, 4.69) is 5.32 Å². The van der Waals surface area contributed by atoms with E-state index in [1.165, 1.54) is 0 Å². The summed E-state index contributed by atoms with van der Waals surface area (Å²) in [5.74, 6) is 0.311. The van der Waals surface area contributed by atoms with Crippen LogP contribution in [0.25, 0.3) is 0 Å². The Kier molecular flexibility index (Phi) is 2.98. The molecule has 1 aliphatic rings. The van der Waals surface area contributed by atoms with Gasteiger partial charge in [0.15, 0.2) is 11.4 Å². The van der Waals surface area contributed by atoms with Crippen LogP contribution in [0.1, 0.15) is 31.1 Å². The average molecular weight is 249 g/mol. The lowest BCUT2D eigenvalue weighted by Gasteiger charge is -2.16. The van der Waals surface area contributed by atoms with E-state index in [9.17, 15) is 9.59 Å². The third kappa shape index (κ3) is 2.03. The van der Waals surface area contributed by atoms with Crippen molar-refractivity contribution in [2.45, 2.75) is 26.4 Å². The first-order valence-electron chi connectivity index (χ1n) is 5.76. The van der Waals surface area contributed by atoms with Crippen LogP contribution in [0, 0.1) is 0 Å². The minimum absolute atomic E-state index is 0.0926. The Morgan fingerprint density at radius 3 is 2.83 bits per heavy atom. The fourth-order valence-electron chi connectivity index (χ4n) is 1.83. The van der Waals surface area contributed by atoms with Crippen LogP contribution in [0.3, 0.4) is 0 Å². The largest absolute Gasteiger partial charge is 0.477 e. The van der Waals surface area contributed by atoms with Crippen molar-refractivity contribution in [3.8, 4) is 5.75 Å². The zero-order valence-corrected chi connectivity index (χ0v) is 10.6. The van der Waals surface area contributed by atoms with Gasteiger partial charge in [0.05, 0.1) is 17.9 Å². The van der Waals surface area contributed by atoms with E-state index in [4.69, 9.17) is 9.47 Å². The Morgan fingerprint density at radius 2 is 2.17 bits per heavy atom. The van der Waals surface area contributed by atoms with Crippen molar-refractivity contribution in [3.63, 3.8) is 0 Å². The van der Waals surface area contributed by atoms with Gasteiger partial charge in [0, 0.05) is 0 Å². The van der Waals surface area contributed by atoms with Crippen molar-refractivity contribution >= 4 is 17.6 Å². The highest BCUT2D eigenvalue weighted by molar-refractivity contribution is 6.09. The normalized spacial score (nSPS) is 15.8. The Hall–Kier alpha value is -2.04. The van der Waals surface area contributed by atoms with Gasteiger partial charge in [-0.1, -0.05) is 6.07 Å². The Labute approximate surface area is 105 Å². The number of amides is 1. The maximum atomic E-state index is 12.0. The lowest BCUT2D eigenvalue weighted by Crippen LogP contribution is -2.32. The number of ketones is 1. The zero-order chi connectivity index (χ0) is 13.3. The number of carbonyl (C=O) groups is 2. The van der Waals surface area contributed by atoms with Gasteiger partial charge in [-0.05, 0) is 32.9 Å². The molecule has 0 unspecified atom stereocenters. The van der Waals surface area contributed by atoms with Gasteiger partial charge in [0.2, 0.25) is 5.78 Å². The Bertz CT molecular complexity index is 508. The summed E-state index contributed by atoms with van der Waals surface area (Å²) in [6.45, 7) is 5.40. The lowest BCUT2D eigenvalue weighted by molar-refractivity contribution is 0.0686. The minimum atomic E-state index is -0.894. The zero-order valence-electron chi connectivity index (χ0n) is 10.6. The first-order valence-corrected chi connectivity index (χ1v) is 5.76. The monoisotopic (exact) mass is 249 g/mol. The highest BCUT2D eigenvalue weighted by atomic mass is 16.5. The maximum Gasteiger partial charge on any atom is 0.411 e. The van der Waals surface area contributed by atoms with Gasteiger partial charge in [-0.25, -0.2) is 4.79 Å². The van der Waals surface area contributed by atoms with E-state index in [1.54, 1.807) is 39.0 Å². The van der Waals surface area contributed by atoms with E-state index in [-0.39, 0.29) is 12.4 Å². The molecule has 0 atom stereocenters. The molecule has 0 bridgehead atoms. The molecule has 5 nitrogen and oxygen atoms in total. The molecule has 0 saturated heterocycles. The summed E-state index contributed by atoms with van der Waals surface area (Å²) < 4.78 is 10.4. The molecule has 0 aliphatic carbocycles. The van der Waals surface area contributed by atoms with Crippen LogP contribution in [0.4, 0.5) is 10.5 Å². The fourth-order valence-corrected chi connectivity index (χ4v) is 1.83. The molecule has 1 amide bonds. The number of nitrogens with one attached hydrogen (secondary N) is 1. The van der Waals surface area contributed by atoms with Crippen molar-refractivity contribution < 1.29 is 19.1 Å². The second kappa shape index (κ2) is 4.33. The first kappa shape index (κ1) is 12.4. The van der Waals surface area contributed by atoms with Crippen molar-refractivity contribution in [1.29, 1.82) is 0 Å². The number of benzene rings is 1. The Morgan fingerprint density at radius 1 is 1.44 bits per heavy atom. The number of rotatable bonds is 2. The molecule has 18 heavy (non-hydrogen) atoms. The Balaban J connectivity index is 2.32. The van der Waals surface area contributed by atoms with Crippen LogP contribution in [-0.2, 0) is 4.74 Å². The molecule has 0 aromatic heterocycles. The number of Topliss-reactive ketones (excluding diaryl/α,β-unsaturated/α-hetero) is 1. The predicted octanol–water partition coefficient (Wildman–Crippen LogP) is 2.61. The molecule has 1 heterocycles. The number of fused-ring (bicyclic) bond motifs is 1. The molecule has 0 saturated carbocycles. The van der Waals surface area contributed by atoms with Crippen molar-refractivity contribution in [2.75, 3.05) is 11.9 Å². The van der Waals surface area contributed by atoms with Crippen molar-refractivity contribution in [3.05, 3.63) is 23.8 Å². The van der Waals surface area contributed by atoms with Crippen LogP contribution in [0.5, 0.6) is 5.75 Å². The topological polar surface area (TPSA) is 64.6 Å². The predicted molar refractivity (Wildman–Crippen MR) is 66.1 cm³/mol. The van der Waals surface area contributed by atoms with Gasteiger partial charge in [-0.15, -0.1) is 0 Å². The molecule has 1 N–H and O–H groups in total. The SMILES string of the molecule is CCOC(=O)Nc1cccc2c1OC(C)(C)C2=O. The van der Waals surface area contributed by atoms with Crippen LogP contribution < -0.4 is 10.1 Å². The summed E-state index contributed by atoms with van der Waals surface area (Å²) in [5, 5.41) is 2.56. The molecule has 0 radical (unpaired) electrons. The summed E-state index contributed by atoms with van der Waals surface area (Å²) in [6, 6.07) is 5.05. The van der Waals surface area contributed by atoms with Gasteiger partial charge < -0.3 is 9.47 Å². The van der Waals surface area contributed by atoms with Gasteiger partial charge >= 0.3 is 6.09 Å². The minimum Gasteiger partial charge on any atom is -0.477 e. The summed E-state index contributed by atoms with van der Waals surface area (Å²) in [4.78, 5) is 23.4. The molecule has 1 aromatic rings. The first-order chi connectivity index (χ1) is 8.45. The second-order valence-electron chi connectivity index (χ2n) is 4.47. The van der Waals surface area contributed by atoms with Gasteiger partial charge in [-0.2, -0.15) is 0 Å². The lowest BCUT2D eigenvalue weighted by atomic mass is 10.00. The molecule has 2 rings (SSSR count). The molecule has 1 aliphatic heterocycles. The van der Waals surface area contributed by atoms with Crippen LogP contribution in [-0.4, -0.2) is 24.1 Å². The van der Waals surface area contributed by atoms with Gasteiger partial charge in [0.25, 0.3) is 0 Å². The molecular weight excluding hydrogens is 234 g/mol. The molecule has 1 aromatic carbocycles. The van der Waals surface area contributed by atoms with Crippen LogP contribution >= 0.6 is 0 Å². The molecule has 0 fully saturated rings. The fraction of sp³-hybridized carbons (Fsp3) is 0.385. The summed E-state index contributed by atoms with van der Waals surface area (Å²) in [7, 11) is 0. The number of carbonyl (C=O) groups excluding carboxylic acids is 2. The summed E-state index contributed by atoms with van der Waals surface area (Å²) in [5.41, 5.74) is 0.0357. The molecule has 0 spiro atoms. The van der Waals surface area contributed by atoms with E-state index in [0.717, 1.165) is 0 Å². The standard InChI is InChI=1S/C13H15NO4/c1-4-17-12(16)14-9-7-5-6-8-10(9)18-13(2,3)11(8)15/h5-7H,4H2,1-3H3,(H,14,16). The van der Waals surface area contributed by atoms with E-state index >= 15 is 0 Å². The number of hydrogen-bond donors (Lipinski definition) is 1. The number of hydrogen-bond acceptors (Lipinski definition) is 4. The maximum absolute atomic E-state index is 12.0. The molecular formula is C13H15NO4. The highest BCUT2D eigenvalue weighted by Crippen LogP contribution is 2.40. The van der Waals surface area contributed by atoms with Crippen LogP contribution in [0.15, 0.2) is 18.2 Å². The van der Waals surface area contributed by atoms with Crippen LogP contribution in [0.2, 0.25) is 0 Å². The number of para-hydroxylation sites is 1. The number of ether oxygens (including phenoxy) is 2. The second-order valence-corrected chi connectivity index (χ2v) is 4.47. The van der Waals surface area contributed by atoms with Crippen molar-refractivity contribution in [1.82, 2.24) is 0 Å². The third-order valence-electron chi connectivity index (χ3n) is 2.68. The number of anilines is 1. The molecule has 96 valence electrons. The smallest absolute Gasteiger partial charge is 0.411 e. The van der Waals surface area contributed by atoms with Crippen molar-refractivity contribution in [2.24, 2.45) is 0 Å². The summed E-state index contributed by atoms with van der Waals surface area (Å²) >= 11 is 0. The van der Waals surface area contributed by atoms with E-state index in [0.29, 0.717) is 17.0 Å². The average Bonchev–Trinajstić information content (AvgIpc) is 2.53. The third-order valence-corrected chi connectivity index (χ3v) is 2.68. The van der Waals surface area contributed by atoms with Gasteiger partial charge in [-0.3, -0.25) is 10.1 Å².